The lowest BCUT2D eigenvalue weighted by Gasteiger charge is -2.16. The van der Waals surface area contributed by atoms with Crippen LogP contribution in [0.3, 0.4) is 0 Å². The zero-order chi connectivity index (χ0) is 20.3. The average molecular weight is 491 g/mol. The Hall–Kier alpha value is -1.49. The monoisotopic (exact) mass is 490 g/mol. The predicted molar refractivity (Wildman–Crippen MR) is 108 cm³/mol. The zero-order valence-electron chi connectivity index (χ0n) is 14.6. The van der Waals surface area contributed by atoms with Crippen molar-refractivity contribution in [2.45, 2.75) is 28.4 Å². The van der Waals surface area contributed by atoms with Crippen molar-refractivity contribution in [3.8, 4) is 0 Å². The minimum atomic E-state index is -3.64. The van der Waals surface area contributed by atoms with Crippen LogP contribution in [0.15, 0.2) is 56.7 Å². The summed E-state index contributed by atoms with van der Waals surface area (Å²) in [6, 6.07) is 10.3. The molecule has 1 saturated heterocycles. The lowest BCUT2D eigenvalue weighted by Crippen LogP contribution is -2.28. The number of hydrogen-bond acceptors (Lipinski definition) is 4. The number of benzene rings is 2. The van der Waals surface area contributed by atoms with Gasteiger partial charge in [0.05, 0.1) is 10.5 Å². The first-order valence-corrected chi connectivity index (χ1v) is 11.5. The van der Waals surface area contributed by atoms with Gasteiger partial charge in [-0.1, -0.05) is 11.8 Å². The smallest absolute Gasteiger partial charge is 0.288 e. The maximum absolute atomic E-state index is 12.7. The SMILES string of the molecule is O=C(Nc1ccc(SC(F)F)cc1)c1cc(S(=O)(=O)N2CCCC2)ccc1Br. The summed E-state index contributed by atoms with van der Waals surface area (Å²) < 4.78 is 52.1. The van der Waals surface area contributed by atoms with Crippen LogP contribution in [-0.2, 0) is 10.0 Å². The first-order valence-electron chi connectivity index (χ1n) is 8.43. The van der Waals surface area contributed by atoms with Crippen LogP contribution in [0, 0.1) is 0 Å². The fourth-order valence-electron chi connectivity index (χ4n) is 2.83. The molecule has 1 aliphatic heterocycles. The number of amides is 1. The molecule has 10 heteroatoms. The number of nitrogens with one attached hydrogen (secondary N) is 1. The molecular formula is C18H17BrF2N2O3S2. The van der Waals surface area contributed by atoms with Crippen molar-refractivity contribution in [1.82, 2.24) is 4.31 Å². The molecule has 0 spiro atoms. The Labute approximate surface area is 174 Å². The summed E-state index contributed by atoms with van der Waals surface area (Å²) in [6.07, 6.45) is 1.64. The van der Waals surface area contributed by atoms with E-state index in [0.29, 0.717) is 39.9 Å². The van der Waals surface area contributed by atoms with Gasteiger partial charge in [-0.2, -0.15) is 13.1 Å². The summed E-state index contributed by atoms with van der Waals surface area (Å²) in [5.74, 6) is -3.02. The molecule has 1 aliphatic rings. The molecule has 0 radical (unpaired) electrons. The first-order chi connectivity index (χ1) is 13.3. The third-order valence-electron chi connectivity index (χ3n) is 4.22. The van der Waals surface area contributed by atoms with E-state index in [9.17, 15) is 22.0 Å². The van der Waals surface area contributed by atoms with E-state index in [-0.39, 0.29) is 10.5 Å². The van der Waals surface area contributed by atoms with Crippen molar-refractivity contribution in [2.24, 2.45) is 0 Å². The third kappa shape index (κ3) is 4.91. The summed E-state index contributed by atoms with van der Waals surface area (Å²) >= 11 is 3.69. The second kappa shape index (κ2) is 8.89. The third-order valence-corrected chi connectivity index (χ3v) is 7.53. The number of rotatable bonds is 6. The number of hydrogen-bond donors (Lipinski definition) is 1. The standard InChI is InChI=1S/C18H17BrF2N2O3S2/c19-16-8-7-14(28(25,26)23-9-1-2-10-23)11-15(16)17(24)22-12-3-5-13(6-4-12)27-18(20)21/h3-8,11,18H,1-2,9-10H2,(H,22,24). The molecule has 150 valence electrons. The van der Waals surface area contributed by atoms with Crippen LogP contribution in [0.1, 0.15) is 23.2 Å². The normalized spacial score (nSPS) is 15.1. The van der Waals surface area contributed by atoms with Gasteiger partial charge in [-0.05, 0) is 71.2 Å². The van der Waals surface area contributed by atoms with Gasteiger partial charge >= 0.3 is 0 Å². The maximum Gasteiger partial charge on any atom is 0.288 e. The Morgan fingerprint density at radius 1 is 1.11 bits per heavy atom. The average Bonchev–Trinajstić information content (AvgIpc) is 3.18. The minimum absolute atomic E-state index is 0.0615. The van der Waals surface area contributed by atoms with Crippen LogP contribution in [0.25, 0.3) is 0 Å². The Morgan fingerprint density at radius 2 is 1.75 bits per heavy atom. The molecule has 0 atom stereocenters. The Kier molecular flexibility index (Phi) is 6.74. The largest absolute Gasteiger partial charge is 0.322 e. The van der Waals surface area contributed by atoms with Crippen LogP contribution in [0.4, 0.5) is 14.5 Å². The summed E-state index contributed by atoms with van der Waals surface area (Å²) in [5.41, 5.74) is 0.592. The van der Waals surface area contributed by atoms with Gasteiger partial charge in [-0.3, -0.25) is 4.79 Å². The molecule has 0 saturated carbocycles. The second-order valence-electron chi connectivity index (χ2n) is 6.11. The molecule has 0 bridgehead atoms. The number of alkyl halides is 2. The Bertz CT molecular complexity index is 963. The number of carbonyl (C=O) groups is 1. The fraction of sp³-hybridized carbons (Fsp3) is 0.278. The summed E-state index contributed by atoms with van der Waals surface area (Å²) in [4.78, 5) is 13.1. The van der Waals surface area contributed by atoms with Gasteiger partial charge in [-0.25, -0.2) is 8.42 Å². The lowest BCUT2D eigenvalue weighted by molar-refractivity contribution is 0.102. The highest BCUT2D eigenvalue weighted by Gasteiger charge is 2.28. The molecule has 1 amide bonds. The maximum atomic E-state index is 12.7. The number of anilines is 1. The molecule has 3 rings (SSSR count). The first kappa shape index (κ1) is 21.2. The molecule has 28 heavy (non-hydrogen) atoms. The fourth-order valence-corrected chi connectivity index (χ4v) is 5.30. The van der Waals surface area contributed by atoms with Gasteiger partial charge in [0.2, 0.25) is 10.0 Å². The molecule has 0 unspecified atom stereocenters. The summed E-state index contributed by atoms with van der Waals surface area (Å²) in [7, 11) is -3.64. The molecular weight excluding hydrogens is 474 g/mol. The van der Waals surface area contributed by atoms with Gasteiger partial charge in [0.1, 0.15) is 0 Å². The van der Waals surface area contributed by atoms with E-state index in [1.54, 1.807) is 0 Å². The van der Waals surface area contributed by atoms with Crippen molar-refractivity contribution in [3.05, 3.63) is 52.5 Å². The van der Waals surface area contributed by atoms with Crippen LogP contribution in [0.5, 0.6) is 0 Å². The van der Waals surface area contributed by atoms with Crippen LogP contribution in [0.2, 0.25) is 0 Å². The van der Waals surface area contributed by atoms with Crippen molar-refractivity contribution >= 4 is 49.3 Å². The number of carbonyl (C=O) groups excluding carboxylic acids is 1. The molecule has 1 heterocycles. The summed E-state index contributed by atoms with van der Waals surface area (Å²) in [6.45, 7) is 0.950. The minimum Gasteiger partial charge on any atom is -0.322 e. The predicted octanol–water partition coefficient (Wildman–Crippen LogP) is 4.80. The van der Waals surface area contributed by atoms with Gasteiger partial charge in [0.15, 0.2) is 0 Å². The number of thioether (sulfide) groups is 1. The van der Waals surface area contributed by atoms with Crippen molar-refractivity contribution in [3.63, 3.8) is 0 Å². The second-order valence-corrected chi connectivity index (χ2v) is 9.97. The molecule has 1 fully saturated rings. The molecule has 5 nitrogen and oxygen atoms in total. The van der Waals surface area contributed by atoms with Gasteiger partial charge in [-0.15, -0.1) is 0 Å². The van der Waals surface area contributed by atoms with E-state index >= 15 is 0 Å². The molecule has 0 aromatic heterocycles. The van der Waals surface area contributed by atoms with E-state index in [0.717, 1.165) is 12.8 Å². The van der Waals surface area contributed by atoms with Crippen LogP contribution < -0.4 is 5.32 Å². The topological polar surface area (TPSA) is 66.5 Å². The molecule has 0 aliphatic carbocycles. The van der Waals surface area contributed by atoms with Gasteiger partial charge < -0.3 is 5.32 Å². The van der Waals surface area contributed by atoms with E-state index in [4.69, 9.17) is 0 Å². The van der Waals surface area contributed by atoms with Crippen molar-refractivity contribution < 1.29 is 22.0 Å². The van der Waals surface area contributed by atoms with E-state index in [1.165, 1.54) is 46.8 Å². The highest BCUT2D eigenvalue weighted by atomic mass is 79.9. The molecule has 2 aromatic carbocycles. The van der Waals surface area contributed by atoms with Crippen LogP contribution in [-0.4, -0.2) is 37.5 Å². The number of sulfonamides is 1. The van der Waals surface area contributed by atoms with Crippen LogP contribution >= 0.6 is 27.7 Å². The van der Waals surface area contributed by atoms with Gasteiger partial charge in [0, 0.05) is 28.1 Å². The highest BCUT2D eigenvalue weighted by Crippen LogP contribution is 2.28. The van der Waals surface area contributed by atoms with E-state index < -0.39 is 21.7 Å². The van der Waals surface area contributed by atoms with E-state index in [1.807, 2.05) is 0 Å². The molecule has 2 aromatic rings. The zero-order valence-corrected chi connectivity index (χ0v) is 17.8. The van der Waals surface area contributed by atoms with Crippen molar-refractivity contribution in [2.75, 3.05) is 18.4 Å². The van der Waals surface area contributed by atoms with Crippen molar-refractivity contribution in [1.29, 1.82) is 0 Å². The number of halogens is 3. The summed E-state index contributed by atoms with van der Waals surface area (Å²) in [5, 5.41) is 2.65. The lowest BCUT2D eigenvalue weighted by atomic mass is 10.2. The Morgan fingerprint density at radius 3 is 2.36 bits per heavy atom. The molecule has 1 N–H and O–H groups in total. The quantitative estimate of drug-likeness (QED) is 0.590. The highest BCUT2D eigenvalue weighted by molar-refractivity contribution is 9.10. The number of nitrogens with zero attached hydrogens (tertiary/aromatic N) is 1. The van der Waals surface area contributed by atoms with Gasteiger partial charge in [0.25, 0.3) is 11.7 Å². The van der Waals surface area contributed by atoms with E-state index in [2.05, 4.69) is 21.2 Å². The Balaban J connectivity index is 1.80.